The van der Waals surface area contributed by atoms with Crippen molar-refractivity contribution in [3.8, 4) is 0 Å². The lowest BCUT2D eigenvalue weighted by Crippen LogP contribution is -2.46. The van der Waals surface area contributed by atoms with E-state index in [0.29, 0.717) is 18.1 Å². The summed E-state index contributed by atoms with van der Waals surface area (Å²) in [6, 6.07) is 7.05. The molecule has 1 aliphatic heterocycles. The molecular formula is C15H20ClN3O2. The van der Waals surface area contributed by atoms with Crippen molar-refractivity contribution in [1.29, 1.82) is 0 Å². The maximum Gasteiger partial charge on any atom is 0.226 e. The van der Waals surface area contributed by atoms with Gasteiger partial charge in [0.1, 0.15) is 0 Å². The second-order valence-corrected chi connectivity index (χ2v) is 5.86. The number of nitrogens with zero attached hydrogens (tertiary/aromatic N) is 1. The highest BCUT2D eigenvalue weighted by Gasteiger charge is 2.36. The SMILES string of the molecule is CNC(=O)[C@@H]1CN(C)C[C@@H]1NC(=O)Cc1ccc(Cl)cc1. The Hall–Kier alpha value is -1.59. The smallest absolute Gasteiger partial charge is 0.226 e. The number of likely N-dealkylation sites (tertiary alicyclic amines) is 1. The summed E-state index contributed by atoms with van der Waals surface area (Å²) in [6.45, 7) is 1.34. The molecule has 1 aromatic carbocycles. The van der Waals surface area contributed by atoms with E-state index in [2.05, 4.69) is 10.6 Å². The van der Waals surface area contributed by atoms with Gasteiger partial charge >= 0.3 is 0 Å². The van der Waals surface area contributed by atoms with Gasteiger partial charge in [-0.15, -0.1) is 0 Å². The summed E-state index contributed by atoms with van der Waals surface area (Å²) in [5, 5.41) is 6.27. The molecular weight excluding hydrogens is 290 g/mol. The van der Waals surface area contributed by atoms with Crippen LogP contribution in [0.3, 0.4) is 0 Å². The molecule has 1 saturated heterocycles. The van der Waals surface area contributed by atoms with Gasteiger partial charge in [0.25, 0.3) is 0 Å². The standard InChI is InChI=1S/C15H20ClN3O2/c1-17-15(21)12-8-19(2)9-13(12)18-14(20)7-10-3-5-11(16)6-4-10/h3-6,12-13H,7-9H2,1-2H3,(H,17,21)(H,18,20)/t12-,13+/m1/s1. The van der Waals surface area contributed by atoms with E-state index < -0.39 is 0 Å². The predicted octanol–water partition coefficient (Wildman–Crippen LogP) is 0.675. The third-order valence-electron chi connectivity index (χ3n) is 3.71. The maximum absolute atomic E-state index is 12.1. The first kappa shape index (κ1) is 15.8. The minimum Gasteiger partial charge on any atom is -0.359 e. The Morgan fingerprint density at radius 3 is 2.57 bits per heavy atom. The summed E-state index contributed by atoms with van der Waals surface area (Å²) in [5.41, 5.74) is 0.903. The summed E-state index contributed by atoms with van der Waals surface area (Å²) >= 11 is 5.82. The average Bonchev–Trinajstić information content (AvgIpc) is 2.81. The van der Waals surface area contributed by atoms with E-state index in [1.54, 1.807) is 19.2 Å². The van der Waals surface area contributed by atoms with Crippen LogP contribution in [-0.2, 0) is 16.0 Å². The summed E-state index contributed by atoms with van der Waals surface area (Å²) in [6.07, 6.45) is 0.290. The lowest BCUT2D eigenvalue weighted by Gasteiger charge is -2.18. The molecule has 0 aliphatic carbocycles. The average molecular weight is 310 g/mol. The largest absolute Gasteiger partial charge is 0.359 e. The van der Waals surface area contributed by atoms with Gasteiger partial charge in [-0.25, -0.2) is 0 Å². The van der Waals surface area contributed by atoms with Gasteiger partial charge in [0.05, 0.1) is 18.4 Å². The van der Waals surface area contributed by atoms with Crippen LogP contribution in [0.1, 0.15) is 5.56 Å². The van der Waals surface area contributed by atoms with Gasteiger partial charge in [0, 0.05) is 25.2 Å². The fraction of sp³-hybridized carbons (Fsp3) is 0.467. The Bertz CT molecular complexity index is 518. The highest BCUT2D eigenvalue weighted by atomic mass is 35.5. The lowest BCUT2D eigenvalue weighted by molar-refractivity contribution is -0.125. The highest BCUT2D eigenvalue weighted by molar-refractivity contribution is 6.30. The van der Waals surface area contributed by atoms with Gasteiger partial charge in [0.2, 0.25) is 11.8 Å². The van der Waals surface area contributed by atoms with Gasteiger partial charge in [0.15, 0.2) is 0 Å². The zero-order valence-corrected chi connectivity index (χ0v) is 13.0. The van der Waals surface area contributed by atoms with Crippen molar-refractivity contribution in [1.82, 2.24) is 15.5 Å². The van der Waals surface area contributed by atoms with Crippen molar-refractivity contribution in [3.05, 3.63) is 34.9 Å². The van der Waals surface area contributed by atoms with E-state index in [-0.39, 0.29) is 30.2 Å². The Kier molecular flexibility index (Phi) is 5.20. The zero-order chi connectivity index (χ0) is 15.4. The molecule has 2 rings (SSSR count). The number of halogens is 1. The minimum absolute atomic E-state index is 0.0313. The fourth-order valence-corrected chi connectivity index (χ4v) is 2.77. The van der Waals surface area contributed by atoms with E-state index in [4.69, 9.17) is 11.6 Å². The van der Waals surface area contributed by atoms with Crippen LogP contribution in [0.2, 0.25) is 5.02 Å². The van der Waals surface area contributed by atoms with Gasteiger partial charge in [-0.3, -0.25) is 9.59 Å². The molecule has 2 amide bonds. The van der Waals surface area contributed by atoms with Crippen LogP contribution < -0.4 is 10.6 Å². The zero-order valence-electron chi connectivity index (χ0n) is 12.2. The first-order valence-electron chi connectivity index (χ1n) is 6.93. The van der Waals surface area contributed by atoms with Crippen molar-refractivity contribution in [2.75, 3.05) is 27.2 Å². The number of carbonyl (C=O) groups is 2. The van der Waals surface area contributed by atoms with Gasteiger partial charge in [-0.2, -0.15) is 0 Å². The van der Waals surface area contributed by atoms with E-state index in [9.17, 15) is 9.59 Å². The Morgan fingerprint density at radius 2 is 1.95 bits per heavy atom. The first-order valence-corrected chi connectivity index (χ1v) is 7.31. The van der Waals surface area contributed by atoms with Gasteiger partial charge < -0.3 is 15.5 Å². The second-order valence-electron chi connectivity index (χ2n) is 5.42. The second kappa shape index (κ2) is 6.91. The highest BCUT2D eigenvalue weighted by Crippen LogP contribution is 2.16. The van der Waals surface area contributed by atoms with E-state index in [1.165, 1.54) is 0 Å². The third kappa shape index (κ3) is 4.19. The Morgan fingerprint density at radius 1 is 1.29 bits per heavy atom. The third-order valence-corrected chi connectivity index (χ3v) is 3.96. The Labute approximate surface area is 129 Å². The molecule has 0 saturated carbocycles. The topological polar surface area (TPSA) is 61.4 Å². The van der Waals surface area contributed by atoms with Gasteiger partial charge in [-0.1, -0.05) is 23.7 Å². The van der Waals surface area contributed by atoms with E-state index in [0.717, 1.165) is 5.56 Å². The summed E-state index contributed by atoms with van der Waals surface area (Å²) in [5.74, 6) is -0.308. The molecule has 2 atom stereocenters. The molecule has 2 N–H and O–H groups in total. The van der Waals surface area contributed by atoms with Crippen LogP contribution in [0, 0.1) is 5.92 Å². The molecule has 0 radical (unpaired) electrons. The van der Waals surface area contributed by atoms with Crippen molar-refractivity contribution in [2.45, 2.75) is 12.5 Å². The molecule has 1 heterocycles. The van der Waals surface area contributed by atoms with Crippen molar-refractivity contribution >= 4 is 23.4 Å². The summed E-state index contributed by atoms with van der Waals surface area (Å²) in [7, 11) is 3.56. The van der Waals surface area contributed by atoms with Crippen LogP contribution in [0.5, 0.6) is 0 Å². The van der Waals surface area contributed by atoms with Crippen molar-refractivity contribution < 1.29 is 9.59 Å². The molecule has 0 bridgehead atoms. The molecule has 0 spiro atoms. The molecule has 21 heavy (non-hydrogen) atoms. The summed E-state index contributed by atoms with van der Waals surface area (Å²) < 4.78 is 0. The molecule has 6 heteroatoms. The quantitative estimate of drug-likeness (QED) is 0.859. The number of hydrogen-bond acceptors (Lipinski definition) is 3. The van der Waals surface area contributed by atoms with E-state index in [1.807, 2.05) is 24.1 Å². The van der Waals surface area contributed by atoms with Gasteiger partial charge in [-0.05, 0) is 24.7 Å². The molecule has 1 aliphatic rings. The summed E-state index contributed by atoms with van der Waals surface area (Å²) in [4.78, 5) is 26.0. The molecule has 114 valence electrons. The fourth-order valence-electron chi connectivity index (χ4n) is 2.64. The number of carbonyl (C=O) groups excluding carboxylic acids is 2. The number of nitrogens with one attached hydrogen (secondary N) is 2. The van der Waals surface area contributed by atoms with Crippen LogP contribution in [0.4, 0.5) is 0 Å². The molecule has 0 unspecified atom stereocenters. The first-order chi connectivity index (χ1) is 9.99. The molecule has 1 fully saturated rings. The van der Waals surface area contributed by atoms with Crippen LogP contribution >= 0.6 is 11.6 Å². The number of benzene rings is 1. The van der Waals surface area contributed by atoms with E-state index >= 15 is 0 Å². The van der Waals surface area contributed by atoms with Crippen LogP contribution in [0.15, 0.2) is 24.3 Å². The monoisotopic (exact) mass is 309 g/mol. The molecule has 0 aromatic heterocycles. The molecule has 5 nitrogen and oxygen atoms in total. The van der Waals surface area contributed by atoms with Crippen LogP contribution in [0.25, 0.3) is 0 Å². The normalized spacial score (nSPS) is 22.0. The predicted molar refractivity (Wildman–Crippen MR) is 82.1 cm³/mol. The van der Waals surface area contributed by atoms with Crippen molar-refractivity contribution in [3.63, 3.8) is 0 Å². The lowest BCUT2D eigenvalue weighted by atomic mass is 10.0. The maximum atomic E-state index is 12.1. The Balaban J connectivity index is 1.94. The number of likely N-dealkylation sites (N-methyl/N-ethyl adjacent to an activating group) is 1. The molecule has 1 aromatic rings. The van der Waals surface area contributed by atoms with Crippen molar-refractivity contribution in [2.24, 2.45) is 5.92 Å². The van der Waals surface area contributed by atoms with Crippen LogP contribution in [-0.4, -0.2) is 49.9 Å². The number of amides is 2. The number of rotatable bonds is 4. The minimum atomic E-state index is -0.200. The number of hydrogen-bond donors (Lipinski definition) is 2.